The summed E-state index contributed by atoms with van der Waals surface area (Å²) in [7, 11) is 1.58. The van der Waals surface area contributed by atoms with Crippen molar-refractivity contribution in [2.45, 2.75) is 6.92 Å². The molecule has 1 N–H and O–H groups in total. The molecule has 22 heavy (non-hydrogen) atoms. The van der Waals surface area contributed by atoms with Crippen LogP contribution in [0.25, 0.3) is 0 Å². The van der Waals surface area contributed by atoms with Gasteiger partial charge in [0.25, 0.3) is 5.91 Å². The van der Waals surface area contributed by atoms with E-state index in [1.165, 1.54) is 12.1 Å². The van der Waals surface area contributed by atoms with E-state index in [0.717, 1.165) is 0 Å². The summed E-state index contributed by atoms with van der Waals surface area (Å²) < 4.78 is 10.4. The van der Waals surface area contributed by atoms with Crippen LogP contribution in [0.3, 0.4) is 0 Å². The molecule has 0 heterocycles. The van der Waals surface area contributed by atoms with E-state index in [0.29, 0.717) is 39.4 Å². The second-order valence-electron chi connectivity index (χ2n) is 4.38. The van der Waals surface area contributed by atoms with Crippen LogP contribution in [0.4, 0.5) is 5.69 Å². The largest absolute Gasteiger partial charge is 0.497 e. The fourth-order valence-electron chi connectivity index (χ4n) is 1.85. The van der Waals surface area contributed by atoms with E-state index in [1.807, 2.05) is 6.92 Å². The Morgan fingerprint density at radius 3 is 2.23 bits per heavy atom. The average molecular weight is 340 g/mol. The number of rotatable bonds is 5. The third kappa shape index (κ3) is 3.84. The molecule has 0 saturated carbocycles. The molecule has 4 nitrogen and oxygen atoms in total. The van der Waals surface area contributed by atoms with Crippen molar-refractivity contribution < 1.29 is 14.3 Å². The number of hydrogen-bond donors (Lipinski definition) is 1. The van der Waals surface area contributed by atoms with E-state index < -0.39 is 0 Å². The zero-order valence-electron chi connectivity index (χ0n) is 12.2. The van der Waals surface area contributed by atoms with Crippen LogP contribution in [0, 0.1) is 0 Å². The summed E-state index contributed by atoms with van der Waals surface area (Å²) in [4.78, 5) is 12.2. The first-order valence-electron chi connectivity index (χ1n) is 6.62. The lowest BCUT2D eigenvalue weighted by molar-refractivity contribution is 0.102. The van der Waals surface area contributed by atoms with Crippen molar-refractivity contribution in [1.29, 1.82) is 0 Å². The van der Waals surface area contributed by atoms with Gasteiger partial charge in [0, 0.05) is 11.3 Å². The van der Waals surface area contributed by atoms with Crippen LogP contribution in [0.5, 0.6) is 11.5 Å². The van der Waals surface area contributed by atoms with E-state index in [-0.39, 0.29) is 5.91 Å². The highest BCUT2D eigenvalue weighted by Crippen LogP contribution is 2.34. The summed E-state index contributed by atoms with van der Waals surface area (Å²) in [6, 6.07) is 10.1. The minimum Gasteiger partial charge on any atom is -0.497 e. The Morgan fingerprint density at radius 1 is 1.14 bits per heavy atom. The van der Waals surface area contributed by atoms with Crippen molar-refractivity contribution in [2.24, 2.45) is 0 Å². The predicted molar refractivity (Wildman–Crippen MR) is 88.6 cm³/mol. The lowest BCUT2D eigenvalue weighted by Gasteiger charge is -2.11. The molecule has 0 aromatic heterocycles. The Bertz CT molecular complexity index is 649. The number of carbonyl (C=O) groups excluding carboxylic acids is 1. The molecule has 116 valence electrons. The van der Waals surface area contributed by atoms with Crippen LogP contribution in [-0.2, 0) is 0 Å². The monoisotopic (exact) mass is 339 g/mol. The molecule has 0 saturated heterocycles. The lowest BCUT2D eigenvalue weighted by atomic mass is 10.2. The summed E-state index contributed by atoms with van der Waals surface area (Å²) in [6.07, 6.45) is 0. The molecule has 0 aliphatic heterocycles. The second kappa shape index (κ2) is 7.38. The number of nitrogens with one attached hydrogen (secondary N) is 1. The van der Waals surface area contributed by atoms with Gasteiger partial charge in [0.1, 0.15) is 5.75 Å². The topological polar surface area (TPSA) is 47.6 Å². The molecule has 0 bridgehead atoms. The molecule has 6 heteroatoms. The molecule has 0 aliphatic rings. The number of hydrogen-bond acceptors (Lipinski definition) is 3. The summed E-state index contributed by atoms with van der Waals surface area (Å²) in [5.74, 6) is 0.786. The van der Waals surface area contributed by atoms with Crippen molar-refractivity contribution in [3.63, 3.8) is 0 Å². The van der Waals surface area contributed by atoms with E-state index in [4.69, 9.17) is 32.7 Å². The third-order valence-corrected chi connectivity index (χ3v) is 3.46. The number of ether oxygens (including phenoxy) is 2. The Hall–Kier alpha value is -1.91. The van der Waals surface area contributed by atoms with Crippen LogP contribution in [-0.4, -0.2) is 19.6 Å². The maximum Gasteiger partial charge on any atom is 0.255 e. The Labute approximate surface area is 138 Å². The first-order chi connectivity index (χ1) is 10.5. The van der Waals surface area contributed by atoms with E-state index in [2.05, 4.69) is 5.32 Å². The maximum atomic E-state index is 12.2. The van der Waals surface area contributed by atoms with Gasteiger partial charge in [-0.15, -0.1) is 0 Å². The highest BCUT2D eigenvalue weighted by Gasteiger charge is 2.14. The molecule has 0 aliphatic carbocycles. The molecule has 1 amide bonds. The molecule has 0 atom stereocenters. The van der Waals surface area contributed by atoms with Gasteiger partial charge in [0.15, 0.2) is 5.75 Å². The molecule has 0 spiro atoms. The summed E-state index contributed by atoms with van der Waals surface area (Å²) in [6.45, 7) is 2.27. The van der Waals surface area contributed by atoms with Gasteiger partial charge < -0.3 is 14.8 Å². The van der Waals surface area contributed by atoms with Gasteiger partial charge in [-0.2, -0.15) is 0 Å². The molecule has 2 rings (SSSR count). The van der Waals surface area contributed by atoms with Gasteiger partial charge in [-0.3, -0.25) is 4.79 Å². The van der Waals surface area contributed by atoms with Crippen molar-refractivity contribution in [1.82, 2.24) is 0 Å². The standard InChI is InChI=1S/C16H15Cl2NO3/c1-3-22-15-13(17)8-10(9-14(15)18)16(20)19-11-4-6-12(21-2)7-5-11/h4-9H,3H2,1-2H3,(H,19,20). The van der Waals surface area contributed by atoms with Crippen LogP contribution in [0.15, 0.2) is 36.4 Å². The first kappa shape index (κ1) is 16.5. The zero-order chi connectivity index (χ0) is 16.1. The van der Waals surface area contributed by atoms with Crippen LogP contribution >= 0.6 is 23.2 Å². The molecule has 0 fully saturated rings. The highest BCUT2D eigenvalue weighted by atomic mass is 35.5. The average Bonchev–Trinajstić information content (AvgIpc) is 2.51. The van der Waals surface area contributed by atoms with Gasteiger partial charge in [-0.05, 0) is 43.3 Å². The molecule has 0 radical (unpaired) electrons. The number of carbonyl (C=O) groups is 1. The first-order valence-corrected chi connectivity index (χ1v) is 7.38. The Morgan fingerprint density at radius 2 is 1.73 bits per heavy atom. The van der Waals surface area contributed by atoms with E-state index >= 15 is 0 Å². The Kier molecular flexibility index (Phi) is 5.52. The van der Waals surface area contributed by atoms with Crippen LogP contribution in [0.2, 0.25) is 10.0 Å². The molecule has 2 aromatic carbocycles. The normalized spacial score (nSPS) is 10.2. The highest BCUT2D eigenvalue weighted by molar-refractivity contribution is 6.37. The van der Waals surface area contributed by atoms with E-state index in [9.17, 15) is 4.79 Å². The Balaban J connectivity index is 2.18. The number of benzene rings is 2. The van der Waals surface area contributed by atoms with Gasteiger partial charge in [-0.1, -0.05) is 23.2 Å². The minimum atomic E-state index is -0.308. The van der Waals surface area contributed by atoms with Gasteiger partial charge in [0.05, 0.1) is 23.8 Å². The summed E-state index contributed by atoms with van der Waals surface area (Å²) in [5.41, 5.74) is 1.00. The summed E-state index contributed by atoms with van der Waals surface area (Å²) >= 11 is 12.2. The fourth-order valence-corrected chi connectivity index (χ4v) is 2.45. The smallest absolute Gasteiger partial charge is 0.255 e. The minimum absolute atomic E-state index is 0.300. The predicted octanol–water partition coefficient (Wildman–Crippen LogP) is 4.65. The van der Waals surface area contributed by atoms with Crippen molar-refractivity contribution in [3.8, 4) is 11.5 Å². The van der Waals surface area contributed by atoms with Gasteiger partial charge in [-0.25, -0.2) is 0 Å². The quantitative estimate of drug-likeness (QED) is 0.862. The van der Waals surface area contributed by atoms with Crippen molar-refractivity contribution >= 4 is 34.8 Å². The zero-order valence-corrected chi connectivity index (χ0v) is 13.7. The lowest BCUT2D eigenvalue weighted by Crippen LogP contribution is -2.12. The number of amides is 1. The summed E-state index contributed by atoms with van der Waals surface area (Å²) in [5, 5.41) is 3.36. The molecule has 2 aromatic rings. The van der Waals surface area contributed by atoms with Crippen molar-refractivity contribution in [2.75, 3.05) is 19.0 Å². The van der Waals surface area contributed by atoms with Crippen LogP contribution < -0.4 is 14.8 Å². The maximum absolute atomic E-state index is 12.2. The number of methoxy groups -OCH3 is 1. The third-order valence-electron chi connectivity index (χ3n) is 2.90. The van der Waals surface area contributed by atoms with Crippen LogP contribution in [0.1, 0.15) is 17.3 Å². The number of halogens is 2. The molecular formula is C16H15Cl2NO3. The van der Waals surface area contributed by atoms with E-state index in [1.54, 1.807) is 31.4 Å². The number of anilines is 1. The van der Waals surface area contributed by atoms with Crippen molar-refractivity contribution in [3.05, 3.63) is 52.0 Å². The van der Waals surface area contributed by atoms with Gasteiger partial charge in [0.2, 0.25) is 0 Å². The van der Waals surface area contributed by atoms with Gasteiger partial charge >= 0.3 is 0 Å². The fraction of sp³-hybridized carbons (Fsp3) is 0.188. The second-order valence-corrected chi connectivity index (χ2v) is 5.20. The molecule has 0 unspecified atom stereocenters. The molecular weight excluding hydrogens is 325 g/mol. The SMILES string of the molecule is CCOc1c(Cl)cc(C(=O)Nc2ccc(OC)cc2)cc1Cl.